The standard InChI is InChI=1S/C15H19N3O2S/c1-10-9-13(20-17-10)12-5-3-7-18(12)15(19)16-11(2)14-6-4-8-21-14/h4,6,8-9,11-12H,3,5,7H2,1-2H3,(H,16,19)/t11-,12-/m0/s1. The number of aryl methyl sites for hydroxylation is 1. The van der Waals surface area contributed by atoms with E-state index < -0.39 is 0 Å². The summed E-state index contributed by atoms with van der Waals surface area (Å²) in [7, 11) is 0. The smallest absolute Gasteiger partial charge is 0.318 e. The third-order valence-corrected chi connectivity index (χ3v) is 4.85. The van der Waals surface area contributed by atoms with Crippen LogP contribution in [0.5, 0.6) is 0 Å². The average Bonchev–Trinajstić information content (AvgIpc) is 3.19. The van der Waals surface area contributed by atoms with E-state index in [-0.39, 0.29) is 18.1 Å². The highest BCUT2D eigenvalue weighted by molar-refractivity contribution is 7.10. The van der Waals surface area contributed by atoms with Crippen molar-refractivity contribution >= 4 is 17.4 Å². The summed E-state index contributed by atoms with van der Waals surface area (Å²) in [6, 6.07) is 5.94. The minimum Gasteiger partial charge on any atom is -0.359 e. The first-order valence-electron chi connectivity index (χ1n) is 7.19. The van der Waals surface area contributed by atoms with Crippen LogP contribution < -0.4 is 5.32 Å². The Balaban J connectivity index is 1.68. The van der Waals surface area contributed by atoms with Crippen molar-refractivity contribution in [2.45, 2.75) is 38.8 Å². The molecule has 0 spiro atoms. The Hall–Kier alpha value is -1.82. The number of nitrogens with one attached hydrogen (secondary N) is 1. The van der Waals surface area contributed by atoms with Gasteiger partial charge >= 0.3 is 6.03 Å². The molecule has 0 saturated carbocycles. The van der Waals surface area contributed by atoms with Gasteiger partial charge in [-0.2, -0.15) is 0 Å². The number of likely N-dealkylation sites (tertiary alicyclic amines) is 1. The summed E-state index contributed by atoms with van der Waals surface area (Å²) in [6.45, 7) is 4.66. The number of aromatic nitrogens is 1. The molecule has 2 atom stereocenters. The average molecular weight is 305 g/mol. The number of amides is 2. The van der Waals surface area contributed by atoms with Gasteiger partial charge in [-0.25, -0.2) is 4.79 Å². The van der Waals surface area contributed by atoms with Crippen LogP contribution in [0.2, 0.25) is 0 Å². The second-order valence-corrected chi connectivity index (χ2v) is 6.39. The number of urea groups is 1. The largest absolute Gasteiger partial charge is 0.359 e. The molecule has 112 valence electrons. The van der Waals surface area contributed by atoms with Gasteiger partial charge in [0.15, 0.2) is 5.76 Å². The van der Waals surface area contributed by atoms with Gasteiger partial charge in [0, 0.05) is 17.5 Å². The van der Waals surface area contributed by atoms with Crippen LogP contribution >= 0.6 is 11.3 Å². The fraction of sp³-hybridized carbons (Fsp3) is 0.467. The third-order valence-electron chi connectivity index (χ3n) is 3.80. The Morgan fingerprint density at radius 2 is 2.48 bits per heavy atom. The predicted octanol–water partition coefficient (Wildman–Crippen LogP) is 3.65. The van der Waals surface area contributed by atoms with Crippen LogP contribution in [0.15, 0.2) is 28.1 Å². The van der Waals surface area contributed by atoms with Crippen molar-refractivity contribution in [1.29, 1.82) is 0 Å². The summed E-state index contributed by atoms with van der Waals surface area (Å²) in [5.41, 5.74) is 0.851. The van der Waals surface area contributed by atoms with Crippen molar-refractivity contribution in [3.05, 3.63) is 39.9 Å². The van der Waals surface area contributed by atoms with Crippen molar-refractivity contribution in [2.75, 3.05) is 6.54 Å². The second-order valence-electron chi connectivity index (χ2n) is 5.41. The van der Waals surface area contributed by atoms with E-state index in [2.05, 4.69) is 10.5 Å². The molecule has 1 fully saturated rings. The molecule has 0 aliphatic carbocycles. The van der Waals surface area contributed by atoms with Crippen molar-refractivity contribution in [3.63, 3.8) is 0 Å². The van der Waals surface area contributed by atoms with Gasteiger partial charge in [0.05, 0.1) is 17.8 Å². The molecule has 1 aliphatic heterocycles. The van der Waals surface area contributed by atoms with E-state index in [9.17, 15) is 4.79 Å². The highest BCUT2D eigenvalue weighted by Crippen LogP contribution is 2.32. The number of nitrogens with zero attached hydrogens (tertiary/aromatic N) is 2. The summed E-state index contributed by atoms with van der Waals surface area (Å²) in [5, 5.41) is 9.01. The summed E-state index contributed by atoms with van der Waals surface area (Å²) >= 11 is 1.65. The zero-order chi connectivity index (χ0) is 14.8. The molecule has 3 heterocycles. The van der Waals surface area contributed by atoms with Gasteiger partial charge in [0.1, 0.15) is 0 Å². The molecule has 6 heteroatoms. The monoisotopic (exact) mass is 305 g/mol. The van der Waals surface area contributed by atoms with Crippen molar-refractivity contribution in [3.8, 4) is 0 Å². The molecule has 2 aromatic rings. The lowest BCUT2D eigenvalue weighted by molar-refractivity contribution is 0.179. The summed E-state index contributed by atoms with van der Waals surface area (Å²) < 4.78 is 5.34. The molecule has 2 amide bonds. The maximum absolute atomic E-state index is 12.5. The quantitative estimate of drug-likeness (QED) is 0.941. The lowest BCUT2D eigenvalue weighted by Gasteiger charge is -2.25. The van der Waals surface area contributed by atoms with Gasteiger partial charge < -0.3 is 14.7 Å². The van der Waals surface area contributed by atoms with E-state index in [4.69, 9.17) is 4.52 Å². The molecule has 1 aliphatic rings. The number of rotatable bonds is 3. The molecular weight excluding hydrogens is 286 g/mol. The summed E-state index contributed by atoms with van der Waals surface area (Å²) in [6.07, 6.45) is 1.92. The van der Waals surface area contributed by atoms with Crippen LogP contribution in [0, 0.1) is 6.92 Å². The van der Waals surface area contributed by atoms with Crippen molar-refractivity contribution in [2.24, 2.45) is 0 Å². The van der Waals surface area contributed by atoms with Crippen LogP contribution in [0.4, 0.5) is 4.79 Å². The van der Waals surface area contributed by atoms with Gasteiger partial charge in [-0.3, -0.25) is 0 Å². The molecule has 2 aromatic heterocycles. The van der Waals surface area contributed by atoms with Gasteiger partial charge in [0.2, 0.25) is 0 Å². The van der Waals surface area contributed by atoms with Gasteiger partial charge in [-0.15, -0.1) is 11.3 Å². The first-order chi connectivity index (χ1) is 10.1. The Morgan fingerprint density at radius 1 is 1.62 bits per heavy atom. The Bertz CT molecular complexity index is 608. The van der Waals surface area contributed by atoms with E-state index in [1.165, 1.54) is 0 Å². The first-order valence-corrected chi connectivity index (χ1v) is 8.07. The summed E-state index contributed by atoms with van der Waals surface area (Å²) in [5.74, 6) is 0.781. The van der Waals surface area contributed by atoms with E-state index in [0.717, 1.165) is 35.7 Å². The number of hydrogen-bond donors (Lipinski definition) is 1. The van der Waals surface area contributed by atoms with E-state index >= 15 is 0 Å². The van der Waals surface area contributed by atoms with Crippen LogP contribution in [-0.2, 0) is 0 Å². The molecule has 0 unspecified atom stereocenters. The number of thiophene rings is 1. The minimum absolute atomic E-state index is 0.00161. The molecule has 0 aromatic carbocycles. The first kappa shape index (κ1) is 14.1. The maximum atomic E-state index is 12.5. The van der Waals surface area contributed by atoms with Crippen molar-refractivity contribution < 1.29 is 9.32 Å². The molecule has 0 bridgehead atoms. The minimum atomic E-state index is -0.0348. The predicted molar refractivity (Wildman–Crippen MR) is 81.2 cm³/mol. The Morgan fingerprint density at radius 3 is 3.14 bits per heavy atom. The van der Waals surface area contributed by atoms with Crippen LogP contribution in [0.1, 0.15) is 48.2 Å². The van der Waals surface area contributed by atoms with Crippen LogP contribution in [0.25, 0.3) is 0 Å². The van der Waals surface area contributed by atoms with Crippen molar-refractivity contribution in [1.82, 2.24) is 15.4 Å². The molecular formula is C15H19N3O2S. The summed E-state index contributed by atoms with van der Waals surface area (Å²) in [4.78, 5) is 15.5. The fourth-order valence-electron chi connectivity index (χ4n) is 2.72. The molecule has 3 rings (SSSR count). The van der Waals surface area contributed by atoms with E-state index in [1.54, 1.807) is 11.3 Å². The number of carbonyl (C=O) groups is 1. The maximum Gasteiger partial charge on any atom is 0.318 e. The van der Waals surface area contributed by atoms with Gasteiger partial charge in [-0.1, -0.05) is 11.2 Å². The Kier molecular flexibility index (Phi) is 3.96. The Labute approximate surface area is 127 Å². The third kappa shape index (κ3) is 2.95. The molecule has 1 saturated heterocycles. The SMILES string of the molecule is Cc1cc([C@@H]2CCCN2C(=O)N[C@@H](C)c2cccs2)on1. The van der Waals surface area contributed by atoms with Gasteiger partial charge in [0.25, 0.3) is 0 Å². The number of carbonyl (C=O) groups excluding carboxylic acids is 1. The van der Waals surface area contributed by atoms with E-state index in [0.29, 0.717) is 0 Å². The zero-order valence-corrected chi connectivity index (χ0v) is 13.0. The molecule has 21 heavy (non-hydrogen) atoms. The normalized spacial score (nSPS) is 19.7. The fourth-order valence-corrected chi connectivity index (χ4v) is 3.46. The lowest BCUT2D eigenvalue weighted by atomic mass is 10.1. The molecule has 0 radical (unpaired) electrons. The van der Waals surface area contributed by atoms with E-state index in [1.807, 2.05) is 42.3 Å². The topological polar surface area (TPSA) is 58.4 Å². The molecule has 1 N–H and O–H groups in total. The highest BCUT2D eigenvalue weighted by Gasteiger charge is 2.33. The van der Waals surface area contributed by atoms with Gasteiger partial charge in [-0.05, 0) is 38.1 Å². The zero-order valence-electron chi connectivity index (χ0n) is 12.2. The van der Waals surface area contributed by atoms with Crippen LogP contribution in [0.3, 0.4) is 0 Å². The lowest BCUT2D eigenvalue weighted by Crippen LogP contribution is -2.40. The highest BCUT2D eigenvalue weighted by atomic mass is 32.1. The second kappa shape index (κ2) is 5.89. The van der Waals surface area contributed by atoms with Crippen LogP contribution in [-0.4, -0.2) is 22.6 Å². The number of hydrogen-bond acceptors (Lipinski definition) is 4. The molecule has 5 nitrogen and oxygen atoms in total.